The zero-order valence-corrected chi connectivity index (χ0v) is 8.26. The quantitative estimate of drug-likeness (QED) is 0.544. The summed E-state index contributed by atoms with van der Waals surface area (Å²) in [5, 5.41) is -1.80. The molecule has 84 valence electrons. The largest absolute Gasteiger partial charge is 0.419 e. The van der Waals surface area contributed by atoms with Crippen LogP contribution in [0.25, 0.3) is 0 Å². The minimum Gasteiger partial charge on any atom is -0.233 e. The highest BCUT2D eigenvalue weighted by molar-refractivity contribution is 6.33. The van der Waals surface area contributed by atoms with Crippen LogP contribution in [0.2, 0.25) is 10.2 Å². The Morgan fingerprint density at radius 2 is 1.73 bits per heavy atom. The molecule has 0 aliphatic heterocycles. The molecule has 0 aromatic carbocycles. The first-order chi connectivity index (χ1) is 6.73. The van der Waals surface area contributed by atoms with Gasteiger partial charge < -0.3 is 0 Å². The molecule has 1 nitrogen and oxygen atoms in total. The van der Waals surface area contributed by atoms with E-state index in [1.54, 1.807) is 0 Å². The lowest BCUT2D eigenvalue weighted by molar-refractivity contribution is -0.137. The van der Waals surface area contributed by atoms with E-state index in [1.807, 2.05) is 0 Å². The molecule has 1 rings (SSSR count). The molecule has 0 saturated heterocycles. The van der Waals surface area contributed by atoms with Gasteiger partial charge in [0.1, 0.15) is 10.8 Å². The number of aromatic nitrogens is 1. The summed E-state index contributed by atoms with van der Waals surface area (Å²) in [5.41, 5.74) is -2.30. The van der Waals surface area contributed by atoms with Crippen LogP contribution in [-0.4, -0.2) is 4.98 Å². The third-order valence-corrected chi connectivity index (χ3v) is 2.06. The van der Waals surface area contributed by atoms with Crippen LogP contribution in [0, 0.1) is 0 Å². The lowest BCUT2D eigenvalue weighted by Crippen LogP contribution is -2.08. The monoisotopic (exact) mass is 265 g/mol. The summed E-state index contributed by atoms with van der Waals surface area (Å²) < 4.78 is 60.9. The van der Waals surface area contributed by atoms with Gasteiger partial charge in [-0.1, -0.05) is 23.2 Å². The predicted octanol–water partition coefficient (Wildman–Crippen LogP) is 4.34. The molecule has 0 aliphatic rings. The van der Waals surface area contributed by atoms with E-state index in [0.717, 1.165) is 0 Å². The van der Waals surface area contributed by atoms with E-state index in [9.17, 15) is 22.0 Å². The van der Waals surface area contributed by atoms with Crippen LogP contribution in [0.4, 0.5) is 22.0 Å². The Labute approximate surface area is 90.8 Å². The van der Waals surface area contributed by atoms with E-state index in [0.29, 0.717) is 6.07 Å². The molecule has 8 heteroatoms. The molecule has 0 radical (unpaired) electrons. The molecule has 0 unspecified atom stereocenters. The smallest absolute Gasteiger partial charge is 0.233 e. The zero-order chi connectivity index (χ0) is 11.8. The Kier molecular flexibility index (Phi) is 3.40. The molecular weight excluding hydrogens is 264 g/mol. The summed E-state index contributed by atoms with van der Waals surface area (Å²) in [4.78, 5) is 2.90. The van der Waals surface area contributed by atoms with Crippen molar-refractivity contribution in [2.45, 2.75) is 12.6 Å². The van der Waals surface area contributed by atoms with Gasteiger partial charge in [0, 0.05) is 0 Å². The molecule has 1 aromatic rings. The topological polar surface area (TPSA) is 12.9 Å². The van der Waals surface area contributed by atoms with E-state index in [4.69, 9.17) is 23.2 Å². The molecule has 1 heterocycles. The fourth-order valence-corrected chi connectivity index (χ4v) is 1.32. The first-order valence-corrected chi connectivity index (χ1v) is 4.20. The van der Waals surface area contributed by atoms with Crippen molar-refractivity contribution in [1.82, 2.24) is 4.98 Å². The van der Waals surface area contributed by atoms with E-state index >= 15 is 0 Å². The highest BCUT2D eigenvalue weighted by atomic mass is 35.5. The van der Waals surface area contributed by atoms with Crippen molar-refractivity contribution >= 4 is 23.2 Å². The van der Waals surface area contributed by atoms with Crippen molar-refractivity contribution in [3.63, 3.8) is 0 Å². The van der Waals surface area contributed by atoms with E-state index in [2.05, 4.69) is 4.98 Å². The molecule has 1 aromatic heterocycles. The standard InChI is InChI=1S/C7H2Cl2F5N/c8-3-1-2(7(12,13)14)5(9)15-4(3)6(10)11/h1,6H. The number of nitrogens with zero attached hydrogens (tertiary/aromatic N) is 1. The minimum atomic E-state index is -4.77. The van der Waals surface area contributed by atoms with Crippen molar-refractivity contribution < 1.29 is 22.0 Å². The molecule has 0 bridgehead atoms. The van der Waals surface area contributed by atoms with Crippen LogP contribution in [0.3, 0.4) is 0 Å². The molecule has 15 heavy (non-hydrogen) atoms. The summed E-state index contributed by atoms with van der Waals surface area (Å²) in [6.45, 7) is 0. The number of rotatable bonds is 1. The van der Waals surface area contributed by atoms with Gasteiger partial charge in [0.25, 0.3) is 6.43 Å². The summed E-state index contributed by atoms with van der Waals surface area (Å²) in [7, 11) is 0. The normalized spacial score (nSPS) is 12.3. The van der Waals surface area contributed by atoms with E-state index in [-0.39, 0.29) is 0 Å². The Morgan fingerprint density at radius 3 is 2.13 bits per heavy atom. The second-order valence-corrected chi connectivity index (χ2v) is 3.26. The number of hydrogen-bond donors (Lipinski definition) is 0. The molecule has 0 aliphatic carbocycles. The van der Waals surface area contributed by atoms with Gasteiger partial charge in [0.2, 0.25) is 0 Å². The van der Waals surface area contributed by atoms with Gasteiger partial charge in [-0.05, 0) is 6.07 Å². The third kappa shape index (κ3) is 2.69. The second kappa shape index (κ2) is 4.09. The summed E-state index contributed by atoms with van der Waals surface area (Å²) in [6, 6.07) is 0.332. The average Bonchev–Trinajstić information content (AvgIpc) is 2.06. The first-order valence-electron chi connectivity index (χ1n) is 3.44. The molecular formula is C7H2Cl2F5N. The maximum Gasteiger partial charge on any atom is 0.419 e. The average molecular weight is 266 g/mol. The van der Waals surface area contributed by atoms with Crippen molar-refractivity contribution in [2.75, 3.05) is 0 Å². The van der Waals surface area contributed by atoms with E-state index in [1.165, 1.54) is 0 Å². The maximum atomic E-state index is 12.2. The molecule has 0 amide bonds. The lowest BCUT2D eigenvalue weighted by atomic mass is 10.2. The van der Waals surface area contributed by atoms with Crippen LogP contribution < -0.4 is 0 Å². The van der Waals surface area contributed by atoms with Gasteiger partial charge in [-0.25, -0.2) is 13.8 Å². The van der Waals surface area contributed by atoms with Gasteiger partial charge in [-0.3, -0.25) is 0 Å². The minimum absolute atomic E-state index is 0.332. The van der Waals surface area contributed by atoms with Crippen molar-refractivity contribution in [2.24, 2.45) is 0 Å². The van der Waals surface area contributed by atoms with Gasteiger partial charge in [-0.15, -0.1) is 0 Å². The fraction of sp³-hybridized carbons (Fsp3) is 0.286. The molecule has 0 atom stereocenters. The predicted molar refractivity (Wildman–Crippen MR) is 44.2 cm³/mol. The van der Waals surface area contributed by atoms with Crippen molar-refractivity contribution in [1.29, 1.82) is 0 Å². The number of halogens is 7. The Bertz CT molecular complexity index is 376. The lowest BCUT2D eigenvalue weighted by Gasteiger charge is -2.10. The van der Waals surface area contributed by atoms with Crippen molar-refractivity contribution in [3.8, 4) is 0 Å². The second-order valence-electron chi connectivity index (χ2n) is 2.49. The van der Waals surface area contributed by atoms with E-state index < -0.39 is 34.0 Å². The van der Waals surface area contributed by atoms with Crippen LogP contribution in [0.5, 0.6) is 0 Å². The van der Waals surface area contributed by atoms with Gasteiger partial charge >= 0.3 is 6.18 Å². The van der Waals surface area contributed by atoms with Crippen LogP contribution in [-0.2, 0) is 6.18 Å². The third-order valence-electron chi connectivity index (χ3n) is 1.47. The van der Waals surface area contributed by atoms with Gasteiger partial charge in [0.05, 0.1) is 10.6 Å². The summed E-state index contributed by atoms with van der Waals surface area (Å²) in [5.74, 6) is 0. The highest BCUT2D eigenvalue weighted by Gasteiger charge is 2.35. The van der Waals surface area contributed by atoms with Crippen LogP contribution in [0.15, 0.2) is 6.07 Å². The molecule has 0 saturated carbocycles. The first kappa shape index (κ1) is 12.4. The van der Waals surface area contributed by atoms with Gasteiger partial charge in [-0.2, -0.15) is 13.2 Å². The van der Waals surface area contributed by atoms with Crippen LogP contribution >= 0.6 is 23.2 Å². The Morgan fingerprint density at radius 1 is 1.20 bits per heavy atom. The Hall–Kier alpha value is -0.620. The zero-order valence-electron chi connectivity index (χ0n) is 6.75. The molecule has 0 spiro atoms. The fourth-order valence-electron chi connectivity index (χ4n) is 0.831. The molecule has 0 N–H and O–H groups in total. The van der Waals surface area contributed by atoms with Crippen LogP contribution in [0.1, 0.15) is 17.7 Å². The maximum absolute atomic E-state index is 12.2. The molecule has 0 fully saturated rings. The summed E-state index contributed by atoms with van der Waals surface area (Å²) >= 11 is 10.3. The number of alkyl halides is 5. The summed E-state index contributed by atoms with van der Waals surface area (Å²) in [6.07, 6.45) is -7.84. The number of pyridine rings is 1. The van der Waals surface area contributed by atoms with Crippen molar-refractivity contribution in [3.05, 3.63) is 27.5 Å². The number of hydrogen-bond acceptors (Lipinski definition) is 1. The van der Waals surface area contributed by atoms with Gasteiger partial charge in [0.15, 0.2) is 0 Å². The Balaban J connectivity index is 3.32. The SMILES string of the molecule is FC(F)c1nc(Cl)c(C(F)(F)F)cc1Cl. The highest BCUT2D eigenvalue weighted by Crippen LogP contribution is 2.37.